The van der Waals surface area contributed by atoms with Gasteiger partial charge in [0, 0.05) is 12.5 Å². The molecule has 0 aliphatic rings. The van der Waals surface area contributed by atoms with Crippen molar-refractivity contribution in [2.45, 2.75) is 31.0 Å². The van der Waals surface area contributed by atoms with E-state index >= 15 is 4.39 Å². The third-order valence-corrected chi connectivity index (χ3v) is 7.51. The van der Waals surface area contributed by atoms with Crippen molar-refractivity contribution in [2.24, 2.45) is 0 Å². The number of nitrogens with zero attached hydrogens (tertiary/aromatic N) is 2. The molecule has 188 valence electrons. The molecule has 4 rings (SSSR count). The highest BCUT2D eigenvalue weighted by Crippen LogP contribution is 2.37. The third-order valence-electron chi connectivity index (χ3n) is 5.70. The van der Waals surface area contributed by atoms with Gasteiger partial charge in [0.2, 0.25) is 0 Å². The Balaban J connectivity index is 1.88. The van der Waals surface area contributed by atoms with Crippen LogP contribution in [-0.2, 0) is 22.0 Å². The van der Waals surface area contributed by atoms with Gasteiger partial charge in [-0.05, 0) is 60.9 Å². The predicted molar refractivity (Wildman–Crippen MR) is 139 cm³/mol. The Morgan fingerprint density at radius 1 is 1.03 bits per heavy atom. The summed E-state index contributed by atoms with van der Waals surface area (Å²) in [5, 5.41) is 20.7. The standard InChI is InChI=1S/C26H23Cl2FN2O4S/c1-26(2,33)23-13-31(25(30-23)24-18(27)5-4-6-19(24)28)21-10-9-15(11-20(21)29)16-7-8-17(14-32)22(12-16)36(3,34)35/h4-13,32-33H,14H2,1-3H3. The van der Waals surface area contributed by atoms with Gasteiger partial charge < -0.3 is 10.2 Å². The Morgan fingerprint density at radius 3 is 2.19 bits per heavy atom. The third kappa shape index (κ3) is 5.05. The van der Waals surface area contributed by atoms with Crippen molar-refractivity contribution in [3.63, 3.8) is 0 Å². The molecule has 0 radical (unpaired) electrons. The molecule has 6 nitrogen and oxygen atoms in total. The SMILES string of the molecule is CC(C)(O)c1cn(-c2ccc(-c3ccc(CO)c(S(C)(=O)=O)c3)cc2F)c(-c2c(Cl)cccc2Cl)n1. The van der Waals surface area contributed by atoms with Crippen LogP contribution in [0, 0.1) is 5.82 Å². The van der Waals surface area contributed by atoms with E-state index in [1.54, 1.807) is 44.2 Å². The highest BCUT2D eigenvalue weighted by molar-refractivity contribution is 7.90. The molecule has 0 amide bonds. The highest BCUT2D eigenvalue weighted by atomic mass is 35.5. The summed E-state index contributed by atoms with van der Waals surface area (Å²) in [5.74, 6) is -0.371. The molecular weight excluding hydrogens is 526 g/mol. The number of imidazole rings is 1. The highest BCUT2D eigenvalue weighted by Gasteiger charge is 2.26. The number of sulfone groups is 1. The number of benzene rings is 3. The molecule has 0 atom stereocenters. The van der Waals surface area contributed by atoms with E-state index < -0.39 is 27.9 Å². The zero-order valence-corrected chi connectivity index (χ0v) is 22.0. The van der Waals surface area contributed by atoms with Crippen molar-refractivity contribution in [1.29, 1.82) is 0 Å². The van der Waals surface area contributed by atoms with E-state index in [0.29, 0.717) is 26.7 Å². The minimum atomic E-state index is -3.61. The summed E-state index contributed by atoms with van der Waals surface area (Å²) in [4.78, 5) is 4.49. The van der Waals surface area contributed by atoms with Gasteiger partial charge >= 0.3 is 0 Å². The molecule has 2 N–H and O–H groups in total. The summed E-state index contributed by atoms with van der Waals surface area (Å²) in [6.45, 7) is 2.69. The lowest BCUT2D eigenvalue weighted by Gasteiger charge is -2.13. The number of aliphatic hydroxyl groups excluding tert-OH is 1. The van der Waals surface area contributed by atoms with Crippen molar-refractivity contribution < 1.29 is 23.0 Å². The number of rotatable bonds is 6. The largest absolute Gasteiger partial charge is 0.392 e. The Kier molecular flexibility index (Phi) is 7.02. The maximum Gasteiger partial charge on any atom is 0.175 e. The van der Waals surface area contributed by atoms with E-state index in [4.69, 9.17) is 23.2 Å². The minimum absolute atomic E-state index is 0.0212. The fraction of sp³-hybridized carbons (Fsp3) is 0.192. The molecule has 0 saturated carbocycles. The second kappa shape index (κ2) is 9.61. The zero-order valence-electron chi connectivity index (χ0n) is 19.6. The van der Waals surface area contributed by atoms with Crippen molar-refractivity contribution in [3.05, 3.63) is 87.9 Å². The lowest BCUT2D eigenvalue weighted by atomic mass is 10.0. The van der Waals surface area contributed by atoms with Crippen LogP contribution in [0.4, 0.5) is 4.39 Å². The van der Waals surface area contributed by atoms with Crippen molar-refractivity contribution in [1.82, 2.24) is 9.55 Å². The van der Waals surface area contributed by atoms with Gasteiger partial charge in [-0.15, -0.1) is 0 Å². The predicted octanol–water partition coefficient (Wildman–Crippen LogP) is 5.78. The lowest BCUT2D eigenvalue weighted by Crippen LogP contribution is -2.15. The number of aliphatic hydroxyl groups is 2. The first kappa shape index (κ1) is 26.3. The molecule has 4 aromatic rings. The van der Waals surface area contributed by atoms with Crippen LogP contribution in [0.15, 0.2) is 65.7 Å². The Labute approximate surface area is 218 Å². The first-order valence-electron chi connectivity index (χ1n) is 10.8. The first-order valence-corrected chi connectivity index (χ1v) is 13.5. The number of hydrogen-bond donors (Lipinski definition) is 2. The maximum absolute atomic E-state index is 15.6. The second-order valence-corrected chi connectivity index (χ2v) is 11.7. The molecule has 1 heterocycles. The van der Waals surface area contributed by atoms with Gasteiger partial charge in [-0.2, -0.15) is 0 Å². The van der Waals surface area contributed by atoms with E-state index in [-0.39, 0.29) is 27.7 Å². The van der Waals surface area contributed by atoms with Crippen LogP contribution in [0.25, 0.3) is 28.2 Å². The Bertz CT molecular complexity index is 1560. The summed E-state index contributed by atoms with van der Waals surface area (Å²) in [7, 11) is -3.61. The normalized spacial score (nSPS) is 12.2. The van der Waals surface area contributed by atoms with Crippen LogP contribution >= 0.6 is 23.2 Å². The monoisotopic (exact) mass is 548 g/mol. The summed E-state index contributed by atoms with van der Waals surface area (Å²) < 4.78 is 41.4. The molecule has 3 aromatic carbocycles. The molecule has 0 bridgehead atoms. The fourth-order valence-electron chi connectivity index (χ4n) is 3.84. The number of hydrogen-bond acceptors (Lipinski definition) is 5. The van der Waals surface area contributed by atoms with Gasteiger partial charge in [-0.3, -0.25) is 4.57 Å². The topological polar surface area (TPSA) is 92.4 Å². The van der Waals surface area contributed by atoms with Crippen LogP contribution in [0.3, 0.4) is 0 Å². The van der Waals surface area contributed by atoms with E-state index in [9.17, 15) is 18.6 Å². The zero-order chi connectivity index (χ0) is 26.4. The number of aromatic nitrogens is 2. The minimum Gasteiger partial charge on any atom is -0.392 e. The molecule has 0 spiro atoms. The van der Waals surface area contributed by atoms with Crippen molar-refractivity contribution >= 4 is 33.0 Å². The van der Waals surface area contributed by atoms with Crippen LogP contribution in [0.2, 0.25) is 10.0 Å². The maximum atomic E-state index is 15.6. The van der Waals surface area contributed by atoms with Gasteiger partial charge in [0.1, 0.15) is 17.2 Å². The van der Waals surface area contributed by atoms with E-state index in [0.717, 1.165) is 6.26 Å². The molecule has 1 aromatic heterocycles. The van der Waals surface area contributed by atoms with Gasteiger partial charge in [0.25, 0.3) is 0 Å². The van der Waals surface area contributed by atoms with Gasteiger partial charge in [-0.25, -0.2) is 17.8 Å². The molecule has 36 heavy (non-hydrogen) atoms. The summed E-state index contributed by atoms with van der Waals surface area (Å²) >= 11 is 12.8. The van der Waals surface area contributed by atoms with Crippen LogP contribution < -0.4 is 0 Å². The summed E-state index contributed by atoms with van der Waals surface area (Å²) in [6, 6.07) is 13.9. The summed E-state index contributed by atoms with van der Waals surface area (Å²) in [5.41, 5.74) is 0.647. The van der Waals surface area contributed by atoms with E-state index in [1.165, 1.54) is 35.0 Å². The smallest absolute Gasteiger partial charge is 0.175 e. The molecule has 10 heteroatoms. The van der Waals surface area contributed by atoms with Crippen LogP contribution in [-0.4, -0.2) is 34.4 Å². The van der Waals surface area contributed by atoms with E-state index in [1.807, 2.05) is 0 Å². The lowest BCUT2D eigenvalue weighted by molar-refractivity contribution is 0.0743. The summed E-state index contributed by atoms with van der Waals surface area (Å²) in [6.07, 6.45) is 2.57. The molecular formula is C26H23Cl2FN2O4S. The van der Waals surface area contributed by atoms with Crippen molar-refractivity contribution in [3.8, 4) is 28.2 Å². The molecule has 0 fully saturated rings. The second-order valence-electron chi connectivity index (χ2n) is 8.89. The quantitative estimate of drug-likeness (QED) is 0.318. The van der Waals surface area contributed by atoms with Gasteiger partial charge in [0.15, 0.2) is 9.84 Å². The molecule has 0 unspecified atom stereocenters. The molecule has 0 saturated heterocycles. The van der Waals surface area contributed by atoms with Crippen LogP contribution in [0.5, 0.6) is 0 Å². The van der Waals surface area contributed by atoms with E-state index in [2.05, 4.69) is 4.98 Å². The number of halogens is 3. The Morgan fingerprint density at radius 2 is 1.64 bits per heavy atom. The molecule has 0 aliphatic heterocycles. The average Bonchev–Trinajstić information content (AvgIpc) is 3.23. The average molecular weight is 549 g/mol. The first-order chi connectivity index (χ1) is 16.8. The van der Waals surface area contributed by atoms with Gasteiger partial charge in [-0.1, -0.05) is 47.5 Å². The van der Waals surface area contributed by atoms with Crippen LogP contribution in [0.1, 0.15) is 25.1 Å². The Hall–Kier alpha value is -2.75. The van der Waals surface area contributed by atoms with Crippen molar-refractivity contribution in [2.75, 3.05) is 6.26 Å². The fourth-order valence-corrected chi connectivity index (χ4v) is 5.35. The molecule has 0 aliphatic carbocycles. The van der Waals surface area contributed by atoms with Gasteiger partial charge in [0.05, 0.1) is 38.5 Å².